The molecule has 1 N–H and O–H groups in total. The molecule has 1 aromatic rings. The lowest BCUT2D eigenvalue weighted by molar-refractivity contribution is 0.0273. The number of nitrogens with one attached hydrogen (secondary N) is 1. The summed E-state index contributed by atoms with van der Waals surface area (Å²) < 4.78 is 7.10. The Balaban J connectivity index is 1.46. The van der Waals surface area contributed by atoms with Gasteiger partial charge in [-0.3, -0.25) is 0 Å². The number of ether oxygens (including phenoxy) is 1. The first-order chi connectivity index (χ1) is 8.84. The molecule has 4 heteroatoms. The van der Waals surface area contributed by atoms with Crippen LogP contribution in [0, 0.1) is 0 Å². The zero-order chi connectivity index (χ0) is 12.6. The molecule has 18 heavy (non-hydrogen) atoms. The number of hydrogen-bond acceptors (Lipinski definition) is 3. The van der Waals surface area contributed by atoms with Crippen LogP contribution in [0.1, 0.15) is 43.4 Å². The van der Waals surface area contributed by atoms with E-state index in [-0.39, 0.29) is 0 Å². The third-order valence-electron chi connectivity index (χ3n) is 3.33. The third kappa shape index (κ3) is 5.39. The molecule has 0 unspecified atom stereocenters. The molecule has 2 nitrogen and oxygen atoms in total. The zero-order valence-corrected chi connectivity index (χ0v) is 13.2. The highest BCUT2D eigenvalue weighted by atomic mass is 79.9. The molecular weight excluding hydrogens is 310 g/mol. The van der Waals surface area contributed by atoms with Crippen molar-refractivity contribution in [3.05, 3.63) is 20.8 Å². The third-order valence-corrected chi connectivity index (χ3v) is 4.96. The summed E-state index contributed by atoms with van der Waals surface area (Å²) in [6.07, 6.45) is 8.33. The standard InChI is InChI=1S/C14H22BrNOS/c15-14-8-7-13(18-14)11-16-9-4-10-17-12-5-2-1-3-6-12/h7-8,12,16H,1-6,9-11H2. The van der Waals surface area contributed by atoms with E-state index in [1.807, 2.05) is 0 Å². The summed E-state index contributed by atoms with van der Waals surface area (Å²) in [4.78, 5) is 1.38. The summed E-state index contributed by atoms with van der Waals surface area (Å²) >= 11 is 5.28. The fraction of sp³-hybridized carbons (Fsp3) is 0.714. The molecule has 102 valence electrons. The molecule has 1 aromatic heterocycles. The van der Waals surface area contributed by atoms with Crippen LogP contribution in [-0.2, 0) is 11.3 Å². The van der Waals surface area contributed by atoms with Gasteiger partial charge in [0, 0.05) is 18.0 Å². The van der Waals surface area contributed by atoms with Crippen molar-refractivity contribution in [2.75, 3.05) is 13.2 Å². The van der Waals surface area contributed by atoms with E-state index in [4.69, 9.17) is 4.74 Å². The summed E-state index contributed by atoms with van der Waals surface area (Å²) in [5.74, 6) is 0. The minimum atomic E-state index is 0.548. The Morgan fingerprint density at radius 2 is 2.11 bits per heavy atom. The van der Waals surface area contributed by atoms with E-state index in [9.17, 15) is 0 Å². The summed E-state index contributed by atoms with van der Waals surface area (Å²) in [5.41, 5.74) is 0. The number of thiophene rings is 1. The van der Waals surface area contributed by atoms with Crippen molar-refractivity contribution in [3.63, 3.8) is 0 Å². The summed E-state index contributed by atoms with van der Waals surface area (Å²) in [6, 6.07) is 4.27. The molecular formula is C14H22BrNOS. The van der Waals surface area contributed by atoms with Crippen LogP contribution in [-0.4, -0.2) is 19.3 Å². The van der Waals surface area contributed by atoms with Crippen LogP contribution in [0.2, 0.25) is 0 Å². The highest BCUT2D eigenvalue weighted by Crippen LogP contribution is 2.22. The average molecular weight is 332 g/mol. The topological polar surface area (TPSA) is 21.3 Å². The lowest BCUT2D eigenvalue weighted by Crippen LogP contribution is -2.20. The number of rotatable bonds is 7. The normalized spacial score (nSPS) is 17.2. The second kappa shape index (κ2) is 8.31. The van der Waals surface area contributed by atoms with Crippen molar-refractivity contribution < 1.29 is 4.74 Å². The van der Waals surface area contributed by atoms with Crippen molar-refractivity contribution >= 4 is 27.3 Å². The van der Waals surface area contributed by atoms with Gasteiger partial charge in [0.15, 0.2) is 0 Å². The van der Waals surface area contributed by atoms with Gasteiger partial charge in [-0.05, 0) is 53.9 Å². The van der Waals surface area contributed by atoms with Gasteiger partial charge < -0.3 is 10.1 Å². The Kier molecular flexibility index (Phi) is 6.70. The highest BCUT2D eigenvalue weighted by Gasteiger charge is 2.12. The van der Waals surface area contributed by atoms with Gasteiger partial charge in [0.25, 0.3) is 0 Å². The smallest absolute Gasteiger partial charge is 0.0701 e. The van der Waals surface area contributed by atoms with Gasteiger partial charge in [0.2, 0.25) is 0 Å². The fourth-order valence-corrected chi connectivity index (χ4v) is 3.79. The average Bonchev–Trinajstić information content (AvgIpc) is 2.81. The van der Waals surface area contributed by atoms with E-state index in [1.54, 1.807) is 11.3 Å². The van der Waals surface area contributed by atoms with Crippen LogP contribution >= 0.6 is 27.3 Å². The van der Waals surface area contributed by atoms with Crippen LogP contribution in [0.25, 0.3) is 0 Å². The van der Waals surface area contributed by atoms with Gasteiger partial charge in [-0.25, -0.2) is 0 Å². The molecule has 1 saturated carbocycles. The van der Waals surface area contributed by atoms with Crippen LogP contribution in [0.4, 0.5) is 0 Å². The second-order valence-corrected chi connectivity index (χ2v) is 7.41. The Hall–Kier alpha value is 0.1000. The zero-order valence-electron chi connectivity index (χ0n) is 10.8. The first-order valence-corrected chi connectivity index (χ1v) is 8.52. The first-order valence-electron chi connectivity index (χ1n) is 6.91. The molecule has 0 spiro atoms. The fourth-order valence-electron chi connectivity index (χ4n) is 2.34. The van der Waals surface area contributed by atoms with E-state index < -0.39 is 0 Å². The van der Waals surface area contributed by atoms with Gasteiger partial charge in [-0.1, -0.05) is 19.3 Å². The Morgan fingerprint density at radius 3 is 2.83 bits per heavy atom. The maximum atomic E-state index is 5.89. The Bertz CT molecular complexity index is 336. The molecule has 0 atom stereocenters. The Labute approximate surface area is 122 Å². The largest absolute Gasteiger partial charge is 0.378 e. The second-order valence-electron chi connectivity index (χ2n) is 4.87. The molecule has 1 aliphatic rings. The number of hydrogen-bond donors (Lipinski definition) is 1. The quantitative estimate of drug-likeness (QED) is 0.750. The minimum Gasteiger partial charge on any atom is -0.378 e. The van der Waals surface area contributed by atoms with Crippen molar-refractivity contribution in [2.24, 2.45) is 0 Å². The van der Waals surface area contributed by atoms with E-state index in [1.165, 1.54) is 40.8 Å². The van der Waals surface area contributed by atoms with Gasteiger partial charge in [-0.15, -0.1) is 11.3 Å². The number of halogens is 1. The summed E-state index contributed by atoms with van der Waals surface area (Å²) in [6.45, 7) is 2.92. The predicted octanol–water partition coefficient (Wildman–Crippen LogP) is 4.34. The highest BCUT2D eigenvalue weighted by molar-refractivity contribution is 9.11. The van der Waals surface area contributed by atoms with E-state index in [2.05, 4.69) is 33.4 Å². The molecule has 1 fully saturated rings. The molecule has 0 amide bonds. The van der Waals surface area contributed by atoms with Crippen LogP contribution in [0.5, 0.6) is 0 Å². The van der Waals surface area contributed by atoms with Gasteiger partial charge in [0.05, 0.1) is 9.89 Å². The van der Waals surface area contributed by atoms with E-state index in [0.717, 1.165) is 26.1 Å². The van der Waals surface area contributed by atoms with Crippen molar-refractivity contribution in [1.29, 1.82) is 0 Å². The molecule has 0 aliphatic heterocycles. The maximum absolute atomic E-state index is 5.89. The van der Waals surface area contributed by atoms with Crippen molar-refractivity contribution in [2.45, 2.75) is 51.2 Å². The molecule has 0 aromatic carbocycles. The van der Waals surface area contributed by atoms with Gasteiger partial charge >= 0.3 is 0 Å². The van der Waals surface area contributed by atoms with Crippen LogP contribution in [0.3, 0.4) is 0 Å². The SMILES string of the molecule is Brc1ccc(CNCCCOC2CCCCC2)s1. The minimum absolute atomic E-state index is 0.548. The molecule has 2 rings (SSSR count). The van der Waals surface area contributed by atoms with Crippen LogP contribution < -0.4 is 5.32 Å². The molecule has 0 bridgehead atoms. The van der Waals surface area contributed by atoms with E-state index >= 15 is 0 Å². The molecule has 0 saturated heterocycles. The Morgan fingerprint density at radius 1 is 1.28 bits per heavy atom. The van der Waals surface area contributed by atoms with Crippen molar-refractivity contribution in [3.8, 4) is 0 Å². The molecule has 1 aliphatic carbocycles. The lowest BCUT2D eigenvalue weighted by Gasteiger charge is -2.21. The summed E-state index contributed by atoms with van der Waals surface area (Å²) in [5, 5.41) is 3.46. The van der Waals surface area contributed by atoms with Gasteiger partial charge in [0.1, 0.15) is 0 Å². The van der Waals surface area contributed by atoms with Gasteiger partial charge in [-0.2, -0.15) is 0 Å². The maximum Gasteiger partial charge on any atom is 0.0701 e. The van der Waals surface area contributed by atoms with Crippen LogP contribution in [0.15, 0.2) is 15.9 Å². The van der Waals surface area contributed by atoms with E-state index in [0.29, 0.717) is 6.10 Å². The molecule has 1 heterocycles. The van der Waals surface area contributed by atoms with Crippen molar-refractivity contribution in [1.82, 2.24) is 5.32 Å². The summed E-state index contributed by atoms with van der Waals surface area (Å²) in [7, 11) is 0. The monoisotopic (exact) mass is 331 g/mol. The molecule has 0 radical (unpaired) electrons. The lowest BCUT2D eigenvalue weighted by atomic mass is 9.98. The predicted molar refractivity (Wildman–Crippen MR) is 81.2 cm³/mol. The first kappa shape index (κ1) is 14.5.